The number of benzene rings is 1. The summed E-state index contributed by atoms with van der Waals surface area (Å²) < 4.78 is 0. The average Bonchev–Trinajstić information content (AvgIpc) is 2.37. The number of para-hydroxylation sites is 1. The van der Waals surface area contributed by atoms with Crippen LogP contribution < -0.4 is 11.4 Å². The Balaban J connectivity index is 2.34. The van der Waals surface area contributed by atoms with E-state index in [0.29, 0.717) is 5.82 Å². The zero-order valence-corrected chi connectivity index (χ0v) is 9.29. The molecule has 18 heavy (non-hydrogen) atoms. The molecule has 0 spiro atoms. The van der Waals surface area contributed by atoms with Crippen LogP contribution in [0.1, 0.15) is 0 Å². The van der Waals surface area contributed by atoms with Gasteiger partial charge in [0.2, 0.25) is 5.95 Å². The minimum atomic E-state index is -0.515. The molecule has 0 aliphatic carbocycles. The largest absolute Gasteiger partial charge is 0.368 e. The average molecular weight is 239 g/mol. The highest BCUT2D eigenvalue weighted by molar-refractivity contribution is 5.92. The van der Waals surface area contributed by atoms with Crippen molar-refractivity contribution in [3.8, 4) is 11.4 Å². The lowest BCUT2D eigenvalue weighted by Gasteiger charge is -2.04. The van der Waals surface area contributed by atoms with E-state index in [1.165, 1.54) is 0 Å². The Kier molecular flexibility index (Phi) is 2.26. The van der Waals surface area contributed by atoms with Crippen LogP contribution >= 0.6 is 0 Å². The minimum Gasteiger partial charge on any atom is -0.368 e. The molecule has 6 nitrogen and oxygen atoms in total. The van der Waals surface area contributed by atoms with Crippen molar-refractivity contribution in [2.45, 2.75) is 0 Å². The Morgan fingerprint density at radius 2 is 1.94 bits per heavy atom. The topological polar surface area (TPSA) is 97.5 Å². The monoisotopic (exact) mass is 239 g/mol. The normalized spacial score (nSPS) is 10.7. The Morgan fingerprint density at radius 1 is 1.11 bits per heavy atom. The zero-order valence-electron chi connectivity index (χ0n) is 9.29. The number of fused-ring (bicyclic) bond motifs is 1. The number of H-pyrrole nitrogens is 1. The molecular formula is C12H9N5O. The second-order valence-electron chi connectivity index (χ2n) is 3.74. The summed E-state index contributed by atoms with van der Waals surface area (Å²) >= 11 is 0. The van der Waals surface area contributed by atoms with E-state index in [9.17, 15) is 4.79 Å². The third kappa shape index (κ3) is 1.69. The van der Waals surface area contributed by atoms with Crippen LogP contribution in [0.5, 0.6) is 0 Å². The molecule has 6 heteroatoms. The van der Waals surface area contributed by atoms with Gasteiger partial charge in [-0.2, -0.15) is 9.97 Å². The van der Waals surface area contributed by atoms with Gasteiger partial charge in [-0.1, -0.05) is 18.2 Å². The minimum absolute atomic E-state index is 0.0466. The lowest BCUT2D eigenvalue weighted by atomic mass is 10.1. The van der Waals surface area contributed by atoms with Gasteiger partial charge in [-0.05, 0) is 12.1 Å². The summed E-state index contributed by atoms with van der Waals surface area (Å²) in [6.45, 7) is 0. The molecule has 2 heterocycles. The Labute approximate surface area is 102 Å². The van der Waals surface area contributed by atoms with E-state index in [0.717, 1.165) is 16.5 Å². The molecular weight excluding hydrogens is 230 g/mol. The highest BCUT2D eigenvalue weighted by Crippen LogP contribution is 2.23. The predicted molar refractivity (Wildman–Crippen MR) is 67.8 cm³/mol. The smallest absolute Gasteiger partial charge is 0.349 e. The van der Waals surface area contributed by atoms with Crippen molar-refractivity contribution in [3.05, 3.63) is 47.0 Å². The van der Waals surface area contributed by atoms with Gasteiger partial charge in [0, 0.05) is 17.1 Å². The van der Waals surface area contributed by atoms with Gasteiger partial charge < -0.3 is 5.73 Å². The summed E-state index contributed by atoms with van der Waals surface area (Å²) in [5.41, 5.74) is 6.56. The molecule has 2 aromatic heterocycles. The van der Waals surface area contributed by atoms with E-state index < -0.39 is 5.69 Å². The highest BCUT2D eigenvalue weighted by Gasteiger charge is 2.07. The SMILES string of the molecule is Nc1nc(-c2ccnc3ccccc23)[nH]c(=O)n1. The van der Waals surface area contributed by atoms with Crippen LogP contribution in [0.25, 0.3) is 22.3 Å². The summed E-state index contributed by atoms with van der Waals surface area (Å²) in [6.07, 6.45) is 1.66. The van der Waals surface area contributed by atoms with Gasteiger partial charge >= 0.3 is 5.69 Å². The number of pyridine rings is 1. The molecule has 0 aliphatic heterocycles. The van der Waals surface area contributed by atoms with E-state index >= 15 is 0 Å². The molecule has 3 aromatic rings. The number of nitrogens with zero attached hydrogens (tertiary/aromatic N) is 3. The number of anilines is 1. The van der Waals surface area contributed by atoms with E-state index in [-0.39, 0.29) is 5.95 Å². The molecule has 0 amide bonds. The van der Waals surface area contributed by atoms with E-state index in [1.54, 1.807) is 12.3 Å². The van der Waals surface area contributed by atoms with E-state index in [2.05, 4.69) is 19.9 Å². The van der Waals surface area contributed by atoms with Crippen LogP contribution in [0.3, 0.4) is 0 Å². The van der Waals surface area contributed by atoms with Crippen molar-refractivity contribution in [3.63, 3.8) is 0 Å². The molecule has 0 radical (unpaired) electrons. The fourth-order valence-electron chi connectivity index (χ4n) is 1.83. The molecule has 1 aromatic carbocycles. The Morgan fingerprint density at radius 3 is 2.78 bits per heavy atom. The van der Waals surface area contributed by atoms with Crippen molar-refractivity contribution in [1.82, 2.24) is 19.9 Å². The number of nitrogens with one attached hydrogen (secondary N) is 1. The van der Waals surface area contributed by atoms with Crippen LogP contribution in [0.4, 0.5) is 5.95 Å². The Hall–Kier alpha value is -2.76. The summed E-state index contributed by atoms with van der Waals surface area (Å²) in [4.78, 5) is 25.7. The maximum absolute atomic E-state index is 11.3. The number of rotatable bonds is 1. The van der Waals surface area contributed by atoms with Gasteiger partial charge in [-0.3, -0.25) is 9.97 Å². The second-order valence-corrected chi connectivity index (χ2v) is 3.74. The maximum Gasteiger partial charge on any atom is 0.349 e. The summed E-state index contributed by atoms with van der Waals surface area (Å²) in [5, 5.41) is 0.897. The molecule has 3 rings (SSSR count). The van der Waals surface area contributed by atoms with Gasteiger partial charge in [-0.25, -0.2) is 4.79 Å². The van der Waals surface area contributed by atoms with Crippen molar-refractivity contribution < 1.29 is 0 Å². The van der Waals surface area contributed by atoms with Crippen LogP contribution in [-0.4, -0.2) is 19.9 Å². The fourth-order valence-corrected chi connectivity index (χ4v) is 1.83. The van der Waals surface area contributed by atoms with Crippen molar-refractivity contribution in [2.75, 3.05) is 5.73 Å². The van der Waals surface area contributed by atoms with Gasteiger partial charge in [0.15, 0.2) is 0 Å². The zero-order chi connectivity index (χ0) is 12.5. The molecule has 0 saturated heterocycles. The van der Waals surface area contributed by atoms with Crippen LogP contribution in [0.2, 0.25) is 0 Å². The number of aromatic nitrogens is 4. The van der Waals surface area contributed by atoms with Crippen LogP contribution in [0.15, 0.2) is 41.3 Å². The lowest BCUT2D eigenvalue weighted by Crippen LogP contribution is -2.15. The summed E-state index contributed by atoms with van der Waals surface area (Å²) in [7, 11) is 0. The number of hydrogen-bond donors (Lipinski definition) is 2. The fraction of sp³-hybridized carbons (Fsp3) is 0. The lowest BCUT2D eigenvalue weighted by molar-refractivity contribution is 1.01. The molecule has 3 N–H and O–H groups in total. The number of aromatic amines is 1. The first-order valence-corrected chi connectivity index (χ1v) is 5.32. The quantitative estimate of drug-likeness (QED) is 0.659. The van der Waals surface area contributed by atoms with Gasteiger partial charge in [0.1, 0.15) is 5.82 Å². The molecule has 0 unspecified atom stereocenters. The van der Waals surface area contributed by atoms with Crippen molar-refractivity contribution in [1.29, 1.82) is 0 Å². The molecule has 88 valence electrons. The molecule has 0 bridgehead atoms. The first kappa shape index (κ1) is 10.4. The van der Waals surface area contributed by atoms with Crippen LogP contribution in [0, 0.1) is 0 Å². The summed E-state index contributed by atoms with van der Waals surface area (Å²) in [6, 6.07) is 9.38. The first-order valence-electron chi connectivity index (χ1n) is 5.32. The maximum atomic E-state index is 11.3. The highest BCUT2D eigenvalue weighted by atomic mass is 16.1. The molecule has 0 aliphatic rings. The van der Waals surface area contributed by atoms with Gasteiger partial charge in [-0.15, -0.1) is 0 Å². The van der Waals surface area contributed by atoms with Crippen molar-refractivity contribution in [2.24, 2.45) is 0 Å². The second kappa shape index (κ2) is 3.92. The number of hydrogen-bond acceptors (Lipinski definition) is 5. The Bertz CT molecular complexity index is 775. The standard InChI is InChI=1S/C12H9N5O/c13-11-15-10(16-12(18)17-11)8-5-6-14-9-4-2-1-3-7(8)9/h1-6H,(H3,13,15,16,17,18). The van der Waals surface area contributed by atoms with Crippen LogP contribution in [-0.2, 0) is 0 Å². The molecule has 0 saturated carbocycles. The van der Waals surface area contributed by atoms with Gasteiger partial charge in [0.05, 0.1) is 5.52 Å². The number of nitrogen functional groups attached to an aromatic ring is 1. The third-order valence-corrected chi connectivity index (χ3v) is 2.57. The van der Waals surface area contributed by atoms with Gasteiger partial charge in [0.25, 0.3) is 0 Å². The summed E-state index contributed by atoms with van der Waals surface area (Å²) in [5.74, 6) is 0.348. The molecule has 0 atom stereocenters. The third-order valence-electron chi connectivity index (χ3n) is 2.57. The predicted octanol–water partition coefficient (Wildman–Crippen LogP) is 0.962. The first-order chi connectivity index (χ1) is 8.74. The van der Waals surface area contributed by atoms with E-state index in [1.807, 2.05) is 24.3 Å². The van der Waals surface area contributed by atoms with Crippen molar-refractivity contribution >= 4 is 16.9 Å². The van der Waals surface area contributed by atoms with E-state index in [4.69, 9.17) is 5.73 Å². The molecule has 0 fully saturated rings. The number of nitrogens with two attached hydrogens (primary N) is 1.